The first kappa shape index (κ1) is 15.5. The maximum Gasteiger partial charge on any atom is 0.271 e. The fourth-order valence-corrected chi connectivity index (χ4v) is 2.97. The smallest absolute Gasteiger partial charge is 0.271 e. The van der Waals surface area contributed by atoms with Gasteiger partial charge in [-0.25, -0.2) is 18.1 Å². The van der Waals surface area contributed by atoms with Gasteiger partial charge >= 0.3 is 0 Å². The van der Waals surface area contributed by atoms with Crippen LogP contribution in [0.15, 0.2) is 29.4 Å². The molecule has 2 N–H and O–H groups in total. The average molecular weight is 336 g/mol. The van der Waals surface area contributed by atoms with Crippen LogP contribution < -0.4 is 5.84 Å². The Hall–Kier alpha value is -2.42. The summed E-state index contributed by atoms with van der Waals surface area (Å²) in [5.74, 6) is 4.80. The minimum absolute atomic E-state index is 0.191. The van der Waals surface area contributed by atoms with E-state index in [2.05, 4.69) is 15.3 Å². The lowest BCUT2D eigenvalue weighted by Gasteiger charge is -2.05. The fourth-order valence-electron chi connectivity index (χ4n) is 2.15. The molecule has 120 valence electrons. The van der Waals surface area contributed by atoms with Gasteiger partial charge in [-0.15, -0.1) is 10.2 Å². The number of rotatable bonds is 4. The number of thioether (sulfide) groups is 1. The van der Waals surface area contributed by atoms with Crippen molar-refractivity contribution in [1.29, 1.82) is 0 Å². The lowest BCUT2D eigenvalue weighted by atomic mass is 10.2. The number of aryl methyl sites for hydroxylation is 2. The van der Waals surface area contributed by atoms with E-state index in [4.69, 9.17) is 5.84 Å². The molecule has 0 aliphatic rings. The lowest BCUT2D eigenvalue weighted by molar-refractivity contribution is 0.502. The highest BCUT2D eigenvalue weighted by Gasteiger charge is 2.16. The molecule has 3 rings (SSSR count). The second-order valence-corrected chi connectivity index (χ2v) is 5.94. The third-order valence-electron chi connectivity index (χ3n) is 3.23. The molecule has 1 aromatic carbocycles. The van der Waals surface area contributed by atoms with Crippen LogP contribution in [0, 0.1) is 25.5 Å². The highest BCUT2D eigenvalue weighted by molar-refractivity contribution is 7.98. The average Bonchev–Trinajstić information content (AvgIpc) is 3.03. The summed E-state index contributed by atoms with van der Waals surface area (Å²) >= 11 is 1.17. The normalized spacial score (nSPS) is 11.1. The fraction of sp³-hybridized carbons (Fsp3) is 0.214. The van der Waals surface area contributed by atoms with E-state index in [1.165, 1.54) is 28.6 Å². The van der Waals surface area contributed by atoms with E-state index in [1.54, 1.807) is 4.68 Å². The summed E-state index contributed by atoms with van der Waals surface area (Å²) in [4.78, 5) is 0. The van der Waals surface area contributed by atoms with Gasteiger partial charge in [0.05, 0.1) is 5.69 Å². The summed E-state index contributed by atoms with van der Waals surface area (Å²) in [6.07, 6.45) is 0. The van der Waals surface area contributed by atoms with Gasteiger partial charge in [-0.1, -0.05) is 23.9 Å². The number of nitrogen functional groups attached to an aromatic ring is 1. The quantitative estimate of drug-likeness (QED) is 0.585. The van der Waals surface area contributed by atoms with Gasteiger partial charge in [0, 0.05) is 17.0 Å². The van der Waals surface area contributed by atoms with Crippen LogP contribution in [-0.2, 0) is 5.75 Å². The molecular formula is C14H14F2N6S. The minimum Gasteiger partial charge on any atom is -0.334 e. The van der Waals surface area contributed by atoms with E-state index in [0.717, 1.165) is 17.5 Å². The monoisotopic (exact) mass is 336 g/mol. The van der Waals surface area contributed by atoms with Crippen molar-refractivity contribution < 1.29 is 8.78 Å². The highest BCUT2D eigenvalue weighted by atomic mass is 32.2. The van der Waals surface area contributed by atoms with Crippen LogP contribution in [0.25, 0.3) is 5.95 Å². The zero-order chi connectivity index (χ0) is 16.6. The minimum atomic E-state index is -0.874. The van der Waals surface area contributed by atoms with E-state index < -0.39 is 11.6 Å². The summed E-state index contributed by atoms with van der Waals surface area (Å²) in [6, 6.07) is 5.95. The standard InChI is InChI=1S/C14H14F2N6S/c1-8-6-9(2)22(20-8)13-18-19-14(21(13)17)23-7-10-4-3-5-11(15)12(10)16/h3-6H,7,17H2,1-2H3. The van der Waals surface area contributed by atoms with Crippen LogP contribution in [0.4, 0.5) is 8.78 Å². The predicted molar refractivity (Wildman–Crippen MR) is 82.7 cm³/mol. The number of benzene rings is 1. The Bertz CT molecular complexity index is 857. The second-order valence-electron chi connectivity index (χ2n) is 4.99. The Morgan fingerprint density at radius 2 is 2.00 bits per heavy atom. The largest absolute Gasteiger partial charge is 0.334 e. The van der Waals surface area contributed by atoms with Crippen molar-refractivity contribution in [2.75, 3.05) is 5.84 Å². The Morgan fingerprint density at radius 3 is 2.70 bits per heavy atom. The first-order chi connectivity index (χ1) is 11.0. The zero-order valence-electron chi connectivity index (χ0n) is 12.5. The number of hydrogen-bond donors (Lipinski definition) is 1. The first-order valence-electron chi connectivity index (χ1n) is 6.77. The van der Waals surface area contributed by atoms with Crippen LogP contribution >= 0.6 is 11.8 Å². The highest BCUT2D eigenvalue weighted by Crippen LogP contribution is 2.24. The molecule has 23 heavy (non-hydrogen) atoms. The van der Waals surface area contributed by atoms with Gasteiger partial charge < -0.3 is 5.84 Å². The van der Waals surface area contributed by atoms with E-state index in [-0.39, 0.29) is 11.3 Å². The summed E-state index contributed by atoms with van der Waals surface area (Å²) in [7, 11) is 0. The molecule has 0 aliphatic heterocycles. The van der Waals surface area contributed by atoms with Crippen molar-refractivity contribution in [2.24, 2.45) is 0 Å². The predicted octanol–water partition coefficient (Wildman–Crippen LogP) is 2.36. The molecule has 0 bridgehead atoms. The number of halogens is 2. The number of aromatic nitrogens is 5. The van der Waals surface area contributed by atoms with E-state index >= 15 is 0 Å². The van der Waals surface area contributed by atoms with Crippen LogP contribution in [0.5, 0.6) is 0 Å². The number of hydrogen-bond acceptors (Lipinski definition) is 5. The van der Waals surface area contributed by atoms with Crippen LogP contribution in [0.2, 0.25) is 0 Å². The summed E-state index contributed by atoms with van der Waals surface area (Å²) in [5.41, 5.74) is 1.95. The van der Waals surface area contributed by atoms with Crippen LogP contribution in [0.3, 0.4) is 0 Å². The number of nitrogens with zero attached hydrogens (tertiary/aromatic N) is 5. The third kappa shape index (κ3) is 2.91. The Morgan fingerprint density at radius 1 is 1.22 bits per heavy atom. The van der Waals surface area contributed by atoms with Crippen molar-refractivity contribution in [2.45, 2.75) is 24.8 Å². The molecule has 0 fully saturated rings. The van der Waals surface area contributed by atoms with Crippen molar-refractivity contribution in [3.8, 4) is 5.95 Å². The Balaban J connectivity index is 1.83. The molecule has 2 heterocycles. The van der Waals surface area contributed by atoms with Gasteiger partial charge in [0.25, 0.3) is 5.95 Å². The number of nitrogens with two attached hydrogens (primary N) is 1. The summed E-state index contributed by atoms with van der Waals surface area (Å²) < 4.78 is 29.7. The second kappa shape index (κ2) is 5.99. The van der Waals surface area contributed by atoms with Crippen molar-refractivity contribution in [1.82, 2.24) is 24.7 Å². The molecule has 0 saturated heterocycles. The van der Waals surface area contributed by atoms with Gasteiger partial charge in [0.1, 0.15) is 0 Å². The molecule has 0 amide bonds. The van der Waals surface area contributed by atoms with Gasteiger partial charge in [-0.3, -0.25) is 0 Å². The van der Waals surface area contributed by atoms with Gasteiger partial charge in [0.2, 0.25) is 5.16 Å². The molecule has 0 atom stereocenters. The maximum atomic E-state index is 13.7. The van der Waals surface area contributed by atoms with E-state index in [0.29, 0.717) is 11.1 Å². The molecular weight excluding hydrogens is 322 g/mol. The molecule has 0 radical (unpaired) electrons. The molecule has 6 nitrogen and oxygen atoms in total. The topological polar surface area (TPSA) is 74.5 Å². The van der Waals surface area contributed by atoms with Crippen molar-refractivity contribution in [3.63, 3.8) is 0 Å². The molecule has 0 saturated carbocycles. The molecule has 3 aromatic rings. The molecule has 2 aromatic heterocycles. The third-order valence-corrected chi connectivity index (χ3v) is 4.23. The van der Waals surface area contributed by atoms with E-state index in [9.17, 15) is 8.78 Å². The van der Waals surface area contributed by atoms with Gasteiger partial charge in [-0.05, 0) is 26.0 Å². The lowest BCUT2D eigenvalue weighted by Crippen LogP contribution is -2.17. The summed E-state index contributed by atoms with van der Waals surface area (Å²) in [5, 5.41) is 12.7. The Kier molecular flexibility index (Phi) is 4.03. The maximum absolute atomic E-state index is 13.7. The first-order valence-corrected chi connectivity index (χ1v) is 7.75. The van der Waals surface area contributed by atoms with Crippen LogP contribution in [0.1, 0.15) is 17.0 Å². The molecule has 0 aliphatic carbocycles. The van der Waals surface area contributed by atoms with Crippen LogP contribution in [-0.4, -0.2) is 24.7 Å². The van der Waals surface area contributed by atoms with Gasteiger partial charge in [0.15, 0.2) is 11.6 Å². The summed E-state index contributed by atoms with van der Waals surface area (Å²) in [6.45, 7) is 3.74. The Labute approximate surface area is 135 Å². The van der Waals surface area contributed by atoms with E-state index in [1.807, 2.05) is 19.9 Å². The van der Waals surface area contributed by atoms with Crippen molar-refractivity contribution in [3.05, 3.63) is 52.9 Å². The molecule has 0 spiro atoms. The van der Waals surface area contributed by atoms with Gasteiger partial charge in [-0.2, -0.15) is 5.10 Å². The van der Waals surface area contributed by atoms with Crippen molar-refractivity contribution >= 4 is 11.8 Å². The molecule has 0 unspecified atom stereocenters. The molecule has 9 heteroatoms. The zero-order valence-corrected chi connectivity index (χ0v) is 13.3. The SMILES string of the molecule is Cc1cc(C)n(-c2nnc(SCc3cccc(F)c3F)n2N)n1.